The van der Waals surface area contributed by atoms with Crippen molar-refractivity contribution in [3.05, 3.63) is 41.5 Å². The number of aromatic nitrogens is 2. The van der Waals surface area contributed by atoms with Crippen LogP contribution < -0.4 is 10.1 Å². The molecule has 1 fully saturated rings. The Kier molecular flexibility index (Phi) is 4.22. The lowest BCUT2D eigenvalue weighted by atomic mass is 10.1. The van der Waals surface area contributed by atoms with Crippen molar-refractivity contribution < 1.29 is 18.8 Å². The molecule has 0 radical (unpaired) electrons. The minimum Gasteiger partial charge on any atom is -0.485 e. The molecule has 1 aromatic heterocycles. The summed E-state index contributed by atoms with van der Waals surface area (Å²) in [5.41, 5.74) is 0.405. The molecular formula is C15H16N4O4. The third-order valence-electron chi connectivity index (χ3n) is 3.37. The van der Waals surface area contributed by atoms with Gasteiger partial charge in [-0.05, 0) is 12.1 Å². The van der Waals surface area contributed by atoms with Crippen LogP contribution in [0.1, 0.15) is 22.1 Å². The lowest BCUT2D eigenvalue weighted by molar-refractivity contribution is -0.123. The van der Waals surface area contributed by atoms with E-state index in [2.05, 4.69) is 15.5 Å². The normalized spacial score (nSPS) is 14.5. The number of hydrogen-bond donors (Lipinski definition) is 1. The number of rotatable bonds is 4. The standard InChI is InChI=1S/C15H16N4O4/c1-10-17-13(18-23-10)9-22-12-5-3-2-4-11(12)15(21)19-7-6-16-14(20)8-19/h2-5H,6-9H2,1H3,(H,16,20). The summed E-state index contributed by atoms with van der Waals surface area (Å²) in [6.07, 6.45) is 0. The first kappa shape index (κ1) is 15.0. The molecule has 2 aromatic rings. The second kappa shape index (κ2) is 6.47. The Balaban J connectivity index is 1.74. The van der Waals surface area contributed by atoms with E-state index in [1.54, 1.807) is 31.2 Å². The zero-order chi connectivity index (χ0) is 16.2. The molecule has 0 spiro atoms. The van der Waals surface area contributed by atoms with E-state index >= 15 is 0 Å². The molecule has 0 aliphatic carbocycles. The third kappa shape index (κ3) is 3.47. The summed E-state index contributed by atoms with van der Waals surface area (Å²) in [5, 5.41) is 6.44. The quantitative estimate of drug-likeness (QED) is 0.883. The average Bonchev–Trinajstić information content (AvgIpc) is 2.98. The number of nitrogens with one attached hydrogen (secondary N) is 1. The molecule has 3 rings (SSSR count). The molecule has 1 N–H and O–H groups in total. The van der Waals surface area contributed by atoms with Crippen LogP contribution in [-0.4, -0.2) is 46.5 Å². The van der Waals surface area contributed by atoms with Crippen LogP contribution in [0, 0.1) is 6.92 Å². The summed E-state index contributed by atoms with van der Waals surface area (Å²) in [4.78, 5) is 29.6. The van der Waals surface area contributed by atoms with E-state index < -0.39 is 0 Å². The second-order valence-corrected chi connectivity index (χ2v) is 5.09. The van der Waals surface area contributed by atoms with Gasteiger partial charge in [0.25, 0.3) is 5.91 Å². The number of piperazine rings is 1. The number of ether oxygens (including phenoxy) is 1. The van der Waals surface area contributed by atoms with Crippen LogP contribution in [0.15, 0.2) is 28.8 Å². The Hall–Kier alpha value is -2.90. The Labute approximate surface area is 132 Å². The van der Waals surface area contributed by atoms with Gasteiger partial charge >= 0.3 is 0 Å². The first-order valence-corrected chi connectivity index (χ1v) is 7.20. The first-order valence-electron chi connectivity index (χ1n) is 7.20. The number of amides is 2. The molecule has 8 heteroatoms. The van der Waals surface area contributed by atoms with E-state index in [0.717, 1.165) is 0 Å². The summed E-state index contributed by atoms with van der Waals surface area (Å²) in [6, 6.07) is 6.90. The highest BCUT2D eigenvalue weighted by molar-refractivity contribution is 5.99. The maximum absolute atomic E-state index is 12.6. The van der Waals surface area contributed by atoms with Crippen molar-refractivity contribution in [1.29, 1.82) is 0 Å². The number of aryl methyl sites for hydroxylation is 1. The van der Waals surface area contributed by atoms with Crippen molar-refractivity contribution in [2.45, 2.75) is 13.5 Å². The van der Waals surface area contributed by atoms with E-state index in [1.165, 1.54) is 4.90 Å². The highest BCUT2D eigenvalue weighted by Crippen LogP contribution is 2.21. The predicted molar refractivity (Wildman–Crippen MR) is 78.7 cm³/mol. The zero-order valence-electron chi connectivity index (χ0n) is 12.6. The van der Waals surface area contributed by atoms with Crippen LogP contribution >= 0.6 is 0 Å². The average molecular weight is 316 g/mol. The van der Waals surface area contributed by atoms with E-state index in [4.69, 9.17) is 9.26 Å². The van der Waals surface area contributed by atoms with E-state index in [9.17, 15) is 9.59 Å². The molecule has 1 aliphatic rings. The molecule has 23 heavy (non-hydrogen) atoms. The molecule has 1 saturated heterocycles. The molecule has 8 nitrogen and oxygen atoms in total. The number of benzene rings is 1. The SMILES string of the molecule is Cc1nc(COc2ccccc2C(=O)N2CCNC(=O)C2)no1. The fourth-order valence-electron chi connectivity index (χ4n) is 2.29. The molecule has 0 bridgehead atoms. The second-order valence-electron chi connectivity index (χ2n) is 5.09. The molecular weight excluding hydrogens is 300 g/mol. The Morgan fingerprint density at radius 1 is 1.43 bits per heavy atom. The van der Waals surface area contributed by atoms with Crippen LogP contribution in [0.2, 0.25) is 0 Å². The highest BCUT2D eigenvalue weighted by atomic mass is 16.5. The summed E-state index contributed by atoms with van der Waals surface area (Å²) in [7, 11) is 0. The fraction of sp³-hybridized carbons (Fsp3) is 0.333. The lowest BCUT2D eigenvalue weighted by Gasteiger charge is -2.27. The summed E-state index contributed by atoms with van der Waals surface area (Å²) < 4.78 is 10.5. The van der Waals surface area contributed by atoms with Crippen molar-refractivity contribution in [2.24, 2.45) is 0 Å². The number of nitrogens with zero attached hydrogens (tertiary/aromatic N) is 3. The molecule has 0 atom stereocenters. The van der Waals surface area contributed by atoms with Gasteiger partial charge in [0.2, 0.25) is 17.6 Å². The lowest BCUT2D eigenvalue weighted by Crippen LogP contribution is -2.50. The number of carbonyl (C=O) groups excluding carboxylic acids is 2. The Bertz CT molecular complexity index is 728. The predicted octanol–water partition coefficient (Wildman–Crippen LogP) is 0.529. The topological polar surface area (TPSA) is 97.6 Å². The van der Waals surface area contributed by atoms with Gasteiger partial charge in [0.05, 0.1) is 12.1 Å². The van der Waals surface area contributed by atoms with Gasteiger partial charge in [-0.1, -0.05) is 17.3 Å². The largest absolute Gasteiger partial charge is 0.485 e. The number of carbonyl (C=O) groups is 2. The molecule has 120 valence electrons. The smallest absolute Gasteiger partial charge is 0.258 e. The Morgan fingerprint density at radius 3 is 3.00 bits per heavy atom. The molecule has 2 heterocycles. The van der Waals surface area contributed by atoms with Crippen molar-refractivity contribution in [3.63, 3.8) is 0 Å². The monoisotopic (exact) mass is 316 g/mol. The van der Waals surface area contributed by atoms with Crippen LogP contribution in [-0.2, 0) is 11.4 Å². The molecule has 1 aliphatic heterocycles. The van der Waals surface area contributed by atoms with Gasteiger partial charge in [-0.3, -0.25) is 9.59 Å². The van der Waals surface area contributed by atoms with Crippen LogP contribution in [0.4, 0.5) is 0 Å². The van der Waals surface area contributed by atoms with Crippen LogP contribution in [0.3, 0.4) is 0 Å². The fourth-order valence-corrected chi connectivity index (χ4v) is 2.29. The summed E-state index contributed by atoms with van der Waals surface area (Å²) in [6.45, 7) is 2.77. The van der Waals surface area contributed by atoms with Gasteiger partial charge < -0.3 is 19.5 Å². The van der Waals surface area contributed by atoms with Crippen molar-refractivity contribution in [1.82, 2.24) is 20.4 Å². The minimum atomic E-state index is -0.236. The molecule has 0 unspecified atom stereocenters. The van der Waals surface area contributed by atoms with Gasteiger partial charge in [0, 0.05) is 20.0 Å². The highest BCUT2D eigenvalue weighted by Gasteiger charge is 2.24. The van der Waals surface area contributed by atoms with Crippen LogP contribution in [0.25, 0.3) is 0 Å². The van der Waals surface area contributed by atoms with Crippen molar-refractivity contribution in [2.75, 3.05) is 19.6 Å². The van der Waals surface area contributed by atoms with Gasteiger partial charge in [0.15, 0.2) is 6.61 Å². The maximum atomic E-state index is 12.6. The number of para-hydroxylation sites is 1. The van der Waals surface area contributed by atoms with Gasteiger partial charge in [-0.15, -0.1) is 0 Å². The van der Waals surface area contributed by atoms with E-state index in [1.807, 2.05) is 0 Å². The van der Waals surface area contributed by atoms with Crippen molar-refractivity contribution >= 4 is 11.8 Å². The molecule has 0 saturated carbocycles. The molecule has 1 aromatic carbocycles. The summed E-state index contributed by atoms with van der Waals surface area (Å²) in [5.74, 6) is 0.880. The van der Waals surface area contributed by atoms with E-state index in [0.29, 0.717) is 36.1 Å². The van der Waals surface area contributed by atoms with E-state index in [-0.39, 0.29) is 25.0 Å². The number of hydrogen-bond acceptors (Lipinski definition) is 6. The van der Waals surface area contributed by atoms with Crippen LogP contribution in [0.5, 0.6) is 5.75 Å². The maximum Gasteiger partial charge on any atom is 0.258 e. The third-order valence-corrected chi connectivity index (χ3v) is 3.37. The summed E-state index contributed by atoms with van der Waals surface area (Å²) >= 11 is 0. The minimum absolute atomic E-state index is 0.0528. The Morgan fingerprint density at radius 2 is 2.26 bits per heavy atom. The molecule has 2 amide bonds. The van der Waals surface area contributed by atoms with Gasteiger partial charge in [-0.2, -0.15) is 4.98 Å². The van der Waals surface area contributed by atoms with Gasteiger partial charge in [-0.25, -0.2) is 0 Å². The first-order chi connectivity index (χ1) is 11.1. The van der Waals surface area contributed by atoms with Crippen molar-refractivity contribution in [3.8, 4) is 5.75 Å². The van der Waals surface area contributed by atoms with Gasteiger partial charge in [0.1, 0.15) is 5.75 Å². The zero-order valence-corrected chi connectivity index (χ0v) is 12.6.